The number of carbonyl (C=O) groups excluding carboxylic acids is 1. The van der Waals surface area contributed by atoms with Crippen molar-refractivity contribution in [3.63, 3.8) is 0 Å². The summed E-state index contributed by atoms with van der Waals surface area (Å²) in [5.41, 5.74) is 0.267. The number of hydrogen-bond acceptors (Lipinski definition) is 5. The van der Waals surface area contributed by atoms with Gasteiger partial charge in [0.15, 0.2) is 11.5 Å². The summed E-state index contributed by atoms with van der Waals surface area (Å²) in [7, 11) is 0. The zero-order valence-corrected chi connectivity index (χ0v) is 12.9. The number of hydrogen-bond donors (Lipinski definition) is 1. The molecule has 7 nitrogen and oxygen atoms in total. The molecular weight excluding hydrogens is 286 g/mol. The standard InChI is InChI=1S/C15H19N3O4/c1-15(2,3)22-14(21)18-8-5-10(6-9-18)12-16-7-4-11(17-12)13(19)20/h4-5,7H,6,8-9H2,1-3H3,(H,19,20). The average molecular weight is 305 g/mol. The molecule has 0 atom stereocenters. The van der Waals surface area contributed by atoms with E-state index in [2.05, 4.69) is 9.97 Å². The Labute approximate surface area is 128 Å². The molecule has 2 heterocycles. The van der Waals surface area contributed by atoms with Gasteiger partial charge in [-0.05, 0) is 38.8 Å². The number of carboxylic acid groups (broad SMARTS) is 1. The van der Waals surface area contributed by atoms with E-state index in [4.69, 9.17) is 9.84 Å². The van der Waals surface area contributed by atoms with Crippen molar-refractivity contribution in [3.8, 4) is 0 Å². The van der Waals surface area contributed by atoms with Gasteiger partial charge in [-0.15, -0.1) is 0 Å². The number of carboxylic acids is 1. The Bertz CT molecular complexity index is 619. The Kier molecular flexibility index (Phi) is 4.44. The lowest BCUT2D eigenvalue weighted by Crippen LogP contribution is -2.39. The summed E-state index contributed by atoms with van der Waals surface area (Å²) in [5.74, 6) is -0.695. The molecule has 0 aromatic carbocycles. The summed E-state index contributed by atoms with van der Waals surface area (Å²) >= 11 is 0. The average Bonchev–Trinajstić information content (AvgIpc) is 2.46. The molecule has 0 spiro atoms. The first kappa shape index (κ1) is 15.9. The fourth-order valence-corrected chi connectivity index (χ4v) is 2.00. The lowest BCUT2D eigenvalue weighted by Gasteiger charge is -2.29. The Balaban J connectivity index is 2.07. The van der Waals surface area contributed by atoms with E-state index in [1.807, 2.05) is 26.8 Å². The smallest absolute Gasteiger partial charge is 0.410 e. The Morgan fingerprint density at radius 1 is 1.36 bits per heavy atom. The van der Waals surface area contributed by atoms with Crippen LogP contribution in [0.5, 0.6) is 0 Å². The van der Waals surface area contributed by atoms with E-state index in [0.29, 0.717) is 25.3 Å². The Morgan fingerprint density at radius 2 is 2.09 bits per heavy atom. The molecule has 1 N–H and O–H groups in total. The lowest BCUT2D eigenvalue weighted by atomic mass is 10.1. The summed E-state index contributed by atoms with van der Waals surface area (Å²) in [4.78, 5) is 32.6. The highest BCUT2D eigenvalue weighted by molar-refractivity contribution is 5.85. The first-order valence-electron chi connectivity index (χ1n) is 7.00. The number of carbonyl (C=O) groups is 2. The maximum atomic E-state index is 12.0. The summed E-state index contributed by atoms with van der Waals surface area (Å²) in [6.45, 7) is 6.34. The molecule has 0 bridgehead atoms. The third kappa shape index (κ3) is 4.03. The maximum Gasteiger partial charge on any atom is 0.410 e. The highest BCUT2D eigenvalue weighted by Crippen LogP contribution is 2.21. The lowest BCUT2D eigenvalue weighted by molar-refractivity contribution is 0.0270. The van der Waals surface area contributed by atoms with Crippen LogP contribution in [-0.2, 0) is 4.74 Å². The minimum Gasteiger partial charge on any atom is -0.477 e. The number of ether oxygens (including phenoxy) is 1. The normalized spacial score (nSPS) is 15.2. The van der Waals surface area contributed by atoms with E-state index in [0.717, 1.165) is 5.57 Å². The molecule has 1 aliphatic rings. The molecule has 0 fully saturated rings. The summed E-state index contributed by atoms with van der Waals surface area (Å²) in [6.07, 6.45) is 3.45. The first-order valence-corrected chi connectivity index (χ1v) is 7.00. The van der Waals surface area contributed by atoms with Gasteiger partial charge in [0, 0.05) is 19.3 Å². The Morgan fingerprint density at radius 3 is 2.64 bits per heavy atom. The monoisotopic (exact) mass is 305 g/mol. The molecule has 1 aromatic heterocycles. The second-order valence-corrected chi connectivity index (χ2v) is 5.98. The van der Waals surface area contributed by atoms with Crippen LogP contribution in [0.25, 0.3) is 5.57 Å². The van der Waals surface area contributed by atoms with E-state index >= 15 is 0 Å². The van der Waals surface area contributed by atoms with Gasteiger partial charge in [-0.25, -0.2) is 19.6 Å². The third-order valence-corrected chi connectivity index (χ3v) is 3.02. The van der Waals surface area contributed by atoms with Gasteiger partial charge in [0.1, 0.15) is 5.60 Å². The van der Waals surface area contributed by atoms with Crippen molar-refractivity contribution in [1.82, 2.24) is 14.9 Å². The minimum atomic E-state index is -1.09. The fraction of sp³-hybridized carbons (Fsp3) is 0.467. The minimum absolute atomic E-state index is 0.0412. The van der Waals surface area contributed by atoms with Crippen molar-refractivity contribution < 1.29 is 19.4 Å². The van der Waals surface area contributed by atoms with Crippen LogP contribution in [0, 0.1) is 0 Å². The molecule has 1 amide bonds. The molecule has 7 heteroatoms. The summed E-state index contributed by atoms with van der Waals surface area (Å²) in [6, 6.07) is 1.35. The van der Waals surface area contributed by atoms with Crippen LogP contribution in [0.4, 0.5) is 4.79 Å². The van der Waals surface area contributed by atoms with Gasteiger partial charge in [0.2, 0.25) is 0 Å². The van der Waals surface area contributed by atoms with E-state index in [1.54, 1.807) is 4.90 Å². The number of amides is 1. The van der Waals surface area contributed by atoms with Crippen LogP contribution in [0.2, 0.25) is 0 Å². The van der Waals surface area contributed by atoms with Gasteiger partial charge in [-0.3, -0.25) is 0 Å². The predicted octanol–water partition coefficient (Wildman–Crippen LogP) is 2.20. The fourth-order valence-electron chi connectivity index (χ4n) is 2.00. The molecule has 0 radical (unpaired) electrons. The van der Waals surface area contributed by atoms with Gasteiger partial charge in [-0.1, -0.05) is 6.08 Å². The van der Waals surface area contributed by atoms with Crippen molar-refractivity contribution in [2.24, 2.45) is 0 Å². The quantitative estimate of drug-likeness (QED) is 0.900. The molecule has 0 unspecified atom stereocenters. The van der Waals surface area contributed by atoms with Crippen LogP contribution in [0.3, 0.4) is 0 Å². The van der Waals surface area contributed by atoms with Crippen molar-refractivity contribution in [1.29, 1.82) is 0 Å². The van der Waals surface area contributed by atoms with Gasteiger partial charge in [0.05, 0.1) is 0 Å². The van der Waals surface area contributed by atoms with Gasteiger partial charge in [-0.2, -0.15) is 0 Å². The van der Waals surface area contributed by atoms with E-state index in [9.17, 15) is 9.59 Å². The molecule has 22 heavy (non-hydrogen) atoms. The van der Waals surface area contributed by atoms with Crippen LogP contribution >= 0.6 is 0 Å². The van der Waals surface area contributed by atoms with Crippen LogP contribution in [0.15, 0.2) is 18.3 Å². The zero-order chi connectivity index (χ0) is 16.3. The zero-order valence-electron chi connectivity index (χ0n) is 12.9. The largest absolute Gasteiger partial charge is 0.477 e. The van der Waals surface area contributed by atoms with Crippen molar-refractivity contribution in [3.05, 3.63) is 29.9 Å². The number of aromatic nitrogens is 2. The van der Waals surface area contributed by atoms with Gasteiger partial charge in [0.25, 0.3) is 0 Å². The molecule has 2 rings (SSSR count). The maximum absolute atomic E-state index is 12.0. The van der Waals surface area contributed by atoms with Crippen molar-refractivity contribution in [2.75, 3.05) is 13.1 Å². The number of rotatable bonds is 2. The second kappa shape index (κ2) is 6.13. The van der Waals surface area contributed by atoms with Crippen LogP contribution in [0.1, 0.15) is 43.5 Å². The highest BCUT2D eigenvalue weighted by atomic mass is 16.6. The van der Waals surface area contributed by atoms with E-state index in [-0.39, 0.29) is 11.8 Å². The first-order chi connectivity index (χ1) is 10.3. The molecule has 1 aromatic rings. The molecule has 0 saturated carbocycles. The molecule has 1 aliphatic heterocycles. The van der Waals surface area contributed by atoms with Crippen molar-refractivity contribution in [2.45, 2.75) is 32.8 Å². The highest BCUT2D eigenvalue weighted by Gasteiger charge is 2.24. The Hall–Kier alpha value is -2.44. The second-order valence-electron chi connectivity index (χ2n) is 5.98. The summed E-state index contributed by atoms with van der Waals surface area (Å²) in [5, 5.41) is 8.95. The van der Waals surface area contributed by atoms with Crippen molar-refractivity contribution >= 4 is 17.6 Å². The SMILES string of the molecule is CC(C)(C)OC(=O)N1CC=C(c2nccc(C(=O)O)n2)CC1. The number of aromatic carboxylic acids is 1. The van der Waals surface area contributed by atoms with Gasteiger partial charge >= 0.3 is 12.1 Å². The predicted molar refractivity (Wildman–Crippen MR) is 79.4 cm³/mol. The molecular formula is C15H19N3O4. The third-order valence-electron chi connectivity index (χ3n) is 3.02. The molecule has 0 aliphatic carbocycles. The van der Waals surface area contributed by atoms with E-state index in [1.165, 1.54) is 12.3 Å². The van der Waals surface area contributed by atoms with E-state index < -0.39 is 11.6 Å². The molecule has 118 valence electrons. The van der Waals surface area contributed by atoms with Gasteiger partial charge < -0.3 is 14.7 Å². The summed E-state index contributed by atoms with van der Waals surface area (Å²) < 4.78 is 5.32. The number of nitrogens with zero attached hydrogens (tertiary/aromatic N) is 3. The van der Waals surface area contributed by atoms with Crippen LogP contribution in [-0.4, -0.2) is 50.7 Å². The molecule has 0 saturated heterocycles. The topological polar surface area (TPSA) is 92.6 Å². The van der Waals surface area contributed by atoms with Crippen LogP contribution < -0.4 is 0 Å².